The van der Waals surface area contributed by atoms with Gasteiger partial charge in [-0.1, -0.05) is 12.7 Å². The molecule has 0 radical (unpaired) electrons. The van der Waals surface area contributed by atoms with Crippen molar-refractivity contribution >= 4 is 6.08 Å². The van der Waals surface area contributed by atoms with Gasteiger partial charge in [-0.25, -0.2) is 5.90 Å². The first-order valence-electron chi connectivity index (χ1n) is 3.53. The second kappa shape index (κ2) is 7.78. The molecule has 1 aromatic heterocycles. The van der Waals surface area contributed by atoms with Gasteiger partial charge in [-0.15, -0.1) is 6.58 Å². The van der Waals surface area contributed by atoms with Crippen LogP contribution in [0.2, 0.25) is 0 Å². The molecule has 0 aliphatic heterocycles. The van der Waals surface area contributed by atoms with Crippen molar-refractivity contribution in [3.8, 4) is 0 Å². The molecule has 3 heteroatoms. The molecule has 0 aliphatic rings. The van der Waals surface area contributed by atoms with Crippen molar-refractivity contribution in [2.75, 3.05) is 6.61 Å². The highest BCUT2D eigenvalue weighted by molar-refractivity contribution is 5.40. The Labute approximate surface area is 72.5 Å². The van der Waals surface area contributed by atoms with Crippen molar-refractivity contribution in [3.05, 3.63) is 43.3 Å². The van der Waals surface area contributed by atoms with Crippen molar-refractivity contribution in [3.63, 3.8) is 0 Å². The van der Waals surface area contributed by atoms with E-state index in [4.69, 9.17) is 0 Å². The molecule has 0 spiro atoms. The second-order valence-electron chi connectivity index (χ2n) is 1.95. The maximum absolute atomic E-state index is 4.57. The molecule has 0 saturated heterocycles. The lowest BCUT2D eigenvalue weighted by Crippen LogP contribution is -1.96. The predicted molar refractivity (Wildman–Crippen MR) is 51.2 cm³/mol. The molecule has 66 valence electrons. The molecular formula is C9H14N2O. The smallest absolute Gasteiger partial charge is 0.0858 e. The summed E-state index contributed by atoms with van der Waals surface area (Å²) in [4.78, 5) is 7.04. The lowest BCUT2D eigenvalue weighted by Gasteiger charge is -1.79. The lowest BCUT2D eigenvalue weighted by atomic mass is 10.4. The van der Waals surface area contributed by atoms with Crippen LogP contribution in [-0.2, 0) is 4.84 Å². The van der Waals surface area contributed by atoms with Crippen LogP contribution in [0.1, 0.15) is 5.69 Å². The molecule has 0 atom stereocenters. The Balaban J connectivity index is 0.000000217. The van der Waals surface area contributed by atoms with Gasteiger partial charge >= 0.3 is 0 Å². The third-order valence-corrected chi connectivity index (χ3v) is 1.06. The minimum atomic E-state index is 0.431. The molecule has 3 N–H and O–H groups in total. The van der Waals surface area contributed by atoms with Gasteiger partial charge in [0.15, 0.2) is 0 Å². The van der Waals surface area contributed by atoms with Crippen molar-refractivity contribution in [1.29, 1.82) is 0 Å². The third-order valence-electron chi connectivity index (χ3n) is 1.06. The van der Waals surface area contributed by atoms with Crippen LogP contribution >= 0.6 is 0 Å². The molecule has 0 saturated carbocycles. The maximum Gasteiger partial charge on any atom is 0.0858 e. The van der Waals surface area contributed by atoms with Crippen LogP contribution in [0.15, 0.2) is 37.6 Å². The van der Waals surface area contributed by atoms with Crippen molar-refractivity contribution < 1.29 is 4.84 Å². The Morgan fingerprint density at radius 3 is 2.50 bits per heavy atom. The maximum atomic E-state index is 4.57. The molecule has 0 fully saturated rings. The number of rotatable bonds is 3. The highest BCUT2D eigenvalue weighted by Gasteiger charge is 1.76. The molecule has 0 aliphatic carbocycles. The molecule has 1 aromatic rings. The normalized spacial score (nSPS) is 8.08. The van der Waals surface area contributed by atoms with Gasteiger partial charge in [0, 0.05) is 11.9 Å². The Morgan fingerprint density at radius 1 is 1.58 bits per heavy atom. The van der Waals surface area contributed by atoms with Gasteiger partial charge in [0.2, 0.25) is 0 Å². The van der Waals surface area contributed by atoms with E-state index in [1.165, 1.54) is 0 Å². The summed E-state index contributed by atoms with van der Waals surface area (Å²) >= 11 is 0. The average molecular weight is 166 g/mol. The fourth-order valence-corrected chi connectivity index (χ4v) is 0.539. The first-order valence-corrected chi connectivity index (χ1v) is 3.53. The summed E-state index contributed by atoms with van der Waals surface area (Å²) in [5.41, 5.74) is 1.07. The van der Waals surface area contributed by atoms with Crippen LogP contribution in [0.4, 0.5) is 0 Å². The van der Waals surface area contributed by atoms with Crippen LogP contribution in [0.25, 0.3) is 6.08 Å². The van der Waals surface area contributed by atoms with Gasteiger partial charge < -0.3 is 9.82 Å². The zero-order valence-corrected chi connectivity index (χ0v) is 6.99. The van der Waals surface area contributed by atoms with E-state index in [9.17, 15) is 0 Å². The summed E-state index contributed by atoms with van der Waals surface area (Å²) < 4.78 is 0. The van der Waals surface area contributed by atoms with Gasteiger partial charge in [0.1, 0.15) is 0 Å². The first-order chi connectivity index (χ1) is 5.85. The zero-order valence-electron chi connectivity index (χ0n) is 6.99. The second-order valence-corrected chi connectivity index (χ2v) is 1.95. The Kier molecular flexibility index (Phi) is 6.93. The summed E-state index contributed by atoms with van der Waals surface area (Å²) in [6.07, 6.45) is 5.23. The Hall–Kier alpha value is -1.32. The fourth-order valence-electron chi connectivity index (χ4n) is 0.539. The molecule has 12 heavy (non-hydrogen) atoms. The van der Waals surface area contributed by atoms with Gasteiger partial charge in [0.25, 0.3) is 0 Å². The summed E-state index contributed by atoms with van der Waals surface area (Å²) in [6.45, 7) is 7.35. The number of H-pyrrole nitrogens is 1. The van der Waals surface area contributed by atoms with Crippen molar-refractivity contribution in [2.24, 2.45) is 5.90 Å². The third kappa shape index (κ3) is 5.46. The van der Waals surface area contributed by atoms with Gasteiger partial charge in [-0.3, -0.25) is 0 Å². The van der Waals surface area contributed by atoms with E-state index in [0.29, 0.717) is 6.61 Å². The van der Waals surface area contributed by atoms with Crippen LogP contribution in [0, 0.1) is 0 Å². The van der Waals surface area contributed by atoms with Crippen LogP contribution in [-0.4, -0.2) is 11.6 Å². The van der Waals surface area contributed by atoms with E-state index in [1.807, 2.05) is 18.3 Å². The van der Waals surface area contributed by atoms with Gasteiger partial charge in [-0.05, 0) is 18.2 Å². The lowest BCUT2D eigenvalue weighted by molar-refractivity contribution is 0.168. The molecule has 3 nitrogen and oxygen atoms in total. The van der Waals surface area contributed by atoms with E-state index in [0.717, 1.165) is 5.69 Å². The number of aromatic nitrogens is 1. The molecule has 0 unspecified atom stereocenters. The van der Waals surface area contributed by atoms with E-state index >= 15 is 0 Å². The molecule has 1 heterocycles. The summed E-state index contributed by atoms with van der Waals surface area (Å²) in [6, 6.07) is 3.91. The molecular weight excluding hydrogens is 152 g/mol. The Bertz CT molecular complexity index is 204. The SMILES string of the molecule is C=CCON.C=Cc1ccc[nH]1. The summed E-state index contributed by atoms with van der Waals surface area (Å²) in [5.74, 6) is 4.57. The van der Waals surface area contributed by atoms with Crippen molar-refractivity contribution in [1.82, 2.24) is 4.98 Å². The van der Waals surface area contributed by atoms with Crippen molar-refractivity contribution in [2.45, 2.75) is 0 Å². The van der Waals surface area contributed by atoms with E-state index in [1.54, 1.807) is 12.2 Å². The van der Waals surface area contributed by atoms with Crippen LogP contribution in [0.3, 0.4) is 0 Å². The van der Waals surface area contributed by atoms with E-state index < -0.39 is 0 Å². The highest BCUT2D eigenvalue weighted by atomic mass is 16.6. The average Bonchev–Trinajstić information content (AvgIpc) is 2.58. The molecule has 0 amide bonds. The first kappa shape index (κ1) is 10.7. The topological polar surface area (TPSA) is 51.0 Å². The quantitative estimate of drug-likeness (QED) is 0.530. The summed E-state index contributed by atoms with van der Waals surface area (Å²) in [7, 11) is 0. The number of aromatic amines is 1. The monoisotopic (exact) mass is 166 g/mol. The molecule has 1 rings (SSSR count). The van der Waals surface area contributed by atoms with Crippen LogP contribution < -0.4 is 5.90 Å². The highest BCUT2D eigenvalue weighted by Crippen LogP contribution is 1.92. The largest absolute Gasteiger partial charge is 0.362 e. The zero-order chi connectivity index (χ0) is 9.23. The van der Waals surface area contributed by atoms with E-state index in [2.05, 4.69) is 28.9 Å². The van der Waals surface area contributed by atoms with Gasteiger partial charge in [-0.2, -0.15) is 0 Å². The summed E-state index contributed by atoms with van der Waals surface area (Å²) in [5, 5.41) is 0. The van der Waals surface area contributed by atoms with Crippen LogP contribution in [0.5, 0.6) is 0 Å². The van der Waals surface area contributed by atoms with Gasteiger partial charge in [0.05, 0.1) is 6.61 Å². The minimum absolute atomic E-state index is 0.431. The Morgan fingerprint density at radius 2 is 2.33 bits per heavy atom. The molecule has 0 aromatic carbocycles. The fraction of sp³-hybridized carbons (Fsp3) is 0.111. The number of nitrogens with one attached hydrogen (secondary N) is 1. The number of hydrogen-bond acceptors (Lipinski definition) is 2. The number of nitrogens with two attached hydrogens (primary N) is 1. The number of hydrogen-bond donors (Lipinski definition) is 2. The molecule has 0 bridgehead atoms. The minimum Gasteiger partial charge on any atom is -0.362 e. The standard InChI is InChI=1S/C6H7N.C3H7NO/c1-2-6-4-3-5-7-6;1-2-3-5-4/h2-5,7H,1H2;2H,1,3-4H2. The predicted octanol–water partition coefficient (Wildman–Crippen LogP) is 1.72. The van der Waals surface area contributed by atoms with E-state index in [-0.39, 0.29) is 0 Å².